The van der Waals surface area contributed by atoms with Crippen LogP contribution in [-0.4, -0.2) is 15.9 Å². The van der Waals surface area contributed by atoms with Crippen molar-refractivity contribution < 1.29 is 9.53 Å². The van der Waals surface area contributed by atoms with E-state index in [1.54, 1.807) is 30.6 Å². The van der Waals surface area contributed by atoms with E-state index in [2.05, 4.69) is 9.97 Å². The summed E-state index contributed by atoms with van der Waals surface area (Å²) in [6, 6.07) is 12.6. The molecule has 3 rings (SSSR count). The quantitative estimate of drug-likeness (QED) is 0.518. The van der Waals surface area contributed by atoms with Gasteiger partial charge in [-0.1, -0.05) is 18.2 Å². The van der Waals surface area contributed by atoms with Gasteiger partial charge in [-0.3, -0.25) is 9.97 Å². The maximum Gasteiger partial charge on any atom is 0.345 e. The van der Waals surface area contributed by atoms with Crippen LogP contribution in [0.4, 0.5) is 0 Å². The molecule has 2 aromatic heterocycles. The van der Waals surface area contributed by atoms with Crippen LogP contribution in [0, 0.1) is 0 Å². The second-order valence-corrected chi connectivity index (χ2v) is 3.96. The minimum absolute atomic E-state index is 0.412. The number of hydrogen-bond acceptors (Lipinski definition) is 4. The normalized spacial score (nSPS) is 10.3. The van der Waals surface area contributed by atoms with Crippen molar-refractivity contribution in [2.24, 2.45) is 0 Å². The van der Waals surface area contributed by atoms with Gasteiger partial charge in [0, 0.05) is 24.0 Å². The molecule has 3 aromatic rings. The van der Waals surface area contributed by atoms with Gasteiger partial charge in [0.2, 0.25) is 0 Å². The van der Waals surface area contributed by atoms with Crippen molar-refractivity contribution in [2.45, 2.75) is 0 Å². The van der Waals surface area contributed by atoms with Crippen molar-refractivity contribution in [1.29, 1.82) is 0 Å². The highest BCUT2D eigenvalue weighted by molar-refractivity contribution is 5.93. The Morgan fingerprint density at radius 2 is 1.84 bits per heavy atom. The fourth-order valence-electron chi connectivity index (χ4n) is 1.80. The van der Waals surface area contributed by atoms with Crippen LogP contribution in [0.15, 0.2) is 61.1 Å². The van der Waals surface area contributed by atoms with Gasteiger partial charge >= 0.3 is 5.97 Å². The molecular formula is C15H10N2O2. The molecule has 1 aromatic carbocycles. The van der Waals surface area contributed by atoms with Gasteiger partial charge in [0.05, 0.1) is 5.56 Å². The van der Waals surface area contributed by atoms with E-state index in [4.69, 9.17) is 4.74 Å². The molecular weight excluding hydrogens is 240 g/mol. The number of rotatable bonds is 2. The Bertz CT molecular complexity index is 721. The summed E-state index contributed by atoms with van der Waals surface area (Å²) in [5, 5.41) is 0.930. The molecule has 0 amide bonds. The number of pyridine rings is 2. The average molecular weight is 250 g/mol. The van der Waals surface area contributed by atoms with E-state index in [-0.39, 0.29) is 0 Å². The molecule has 4 nitrogen and oxygen atoms in total. The minimum atomic E-state index is -0.439. The zero-order valence-electron chi connectivity index (χ0n) is 9.98. The summed E-state index contributed by atoms with van der Waals surface area (Å²) in [6.07, 6.45) is 4.75. The highest BCUT2D eigenvalue weighted by Gasteiger charge is 2.11. The van der Waals surface area contributed by atoms with Crippen molar-refractivity contribution in [3.8, 4) is 5.75 Å². The largest absolute Gasteiger partial charge is 0.421 e. The first kappa shape index (κ1) is 11.3. The van der Waals surface area contributed by atoms with Gasteiger partial charge in [-0.15, -0.1) is 0 Å². The lowest BCUT2D eigenvalue weighted by Crippen LogP contribution is -2.09. The predicted octanol–water partition coefficient (Wildman–Crippen LogP) is 2.85. The van der Waals surface area contributed by atoms with Crippen molar-refractivity contribution >= 4 is 16.9 Å². The Hall–Kier alpha value is -2.75. The molecule has 19 heavy (non-hydrogen) atoms. The first-order valence-corrected chi connectivity index (χ1v) is 5.80. The molecule has 0 unspecified atom stereocenters. The number of para-hydroxylation sites is 1. The standard InChI is InChI=1S/C15H10N2O2/c18-15(12-6-2-8-16-10-12)19-13-7-1-4-11-5-3-9-17-14(11)13/h1-10H. The van der Waals surface area contributed by atoms with Gasteiger partial charge in [-0.05, 0) is 24.3 Å². The second kappa shape index (κ2) is 4.86. The van der Waals surface area contributed by atoms with Crippen LogP contribution >= 0.6 is 0 Å². The van der Waals surface area contributed by atoms with E-state index < -0.39 is 5.97 Å². The lowest BCUT2D eigenvalue weighted by Gasteiger charge is -2.06. The number of hydrogen-bond donors (Lipinski definition) is 0. The van der Waals surface area contributed by atoms with Gasteiger partial charge in [0.25, 0.3) is 0 Å². The number of nitrogens with zero attached hydrogens (tertiary/aromatic N) is 2. The molecule has 0 radical (unpaired) electrons. The van der Waals surface area contributed by atoms with Gasteiger partial charge in [-0.2, -0.15) is 0 Å². The summed E-state index contributed by atoms with van der Waals surface area (Å²) < 4.78 is 5.37. The van der Waals surface area contributed by atoms with Crippen LogP contribution in [0.1, 0.15) is 10.4 Å². The zero-order valence-corrected chi connectivity index (χ0v) is 9.98. The summed E-state index contributed by atoms with van der Waals surface area (Å²) >= 11 is 0. The molecule has 0 aliphatic rings. The van der Waals surface area contributed by atoms with Crippen LogP contribution < -0.4 is 4.74 Å². The number of carbonyl (C=O) groups excluding carboxylic acids is 1. The van der Waals surface area contributed by atoms with Crippen molar-refractivity contribution in [1.82, 2.24) is 9.97 Å². The molecule has 0 aliphatic carbocycles. The van der Waals surface area contributed by atoms with Gasteiger partial charge in [-0.25, -0.2) is 4.79 Å². The Balaban J connectivity index is 1.96. The summed E-state index contributed by atoms with van der Waals surface area (Å²) in [5.74, 6) is 0.0122. The monoisotopic (exact) mass is 250 g/mol. The van der Waals surface area contributed by atoms with Crippen LogP contribution in [0.25, 0.3) is 10.9 Å². The van der Waals surface area contributed by atoms with E-state index in [9.17, 15) is 4.79 Å². The Kier molecular flexibility index (Phi) is 2.90. The van der Waals surface area contributed by atoms with Crippen LogP contribution in [-0.2, 0) is 0 Å². The first-order chi connectivity index (χ1) is 9.34. The third-order valence-electron chi connectivity index (χ3n) is 2.70. The predicted molar refractivity (Wildman–Crippen MR) is 70.9 cm³/mol. The highest BCUT2D eigenvalue weighted by Crippen LogP contribution is 2.23. The molecule has 2 heterocycles. The Morgan fingerprint density at radius 1 is 1.00 bits per heavy atom. The maximum absolute atomic E-state index is 12.0. The second-order valence-electron chi connectivity index (χ2n) is 3.96. The minimum Gasteiger partial charge on any atom is -0.421 e. The maximum atomic E-state index is 12.0. The summed E-state index contributed by atoms with van der Waals surface area (Å²) in [5.41, 5.74) is 1.08. The molecule has 0 atom stereocenters. The van der Waals surface area contributed by atoms with Crippen LogP contribution in [0.2, 0.25) is 0 Å². The molecule has 0 fully saturated rings. The van der Waals surface area contributed by atoms with E-state index in [1.165, 1.54) is 6.20 Å². The third kappa shape index (κ3) is 2.28. The molecule has 92 valence electrons. The van der Waals surface area contributed by atoms with Crippen molar-refractivity contribution in [3.05, 3.63) is 66.6 Å². The molecule has 0 saturated heterocycles. The number of carbonyl (C=O) groups is 1. The smallest absolute Gasteiger partial charge is 0.345 e. The molecule has 0 N–H and O–H groups in total. The topological polar surface area (TPSA) is 52.1 Å². The van der Waals surface area contributed by atoms with Crippen molar-refractivity contribution in [2.75, 3.05) is 0 Å². The molecule has 4 heteroatoms. The lowest BCUT2D eigenvalue weighted by atomic mass is 10.2. The zero-order chi connectivity index (χ0) is 13.1. The summed E-state index contributed by atoms with van der Waals surface area (Å²) in [4.78, 5) is 20.1. The van der Waals surface area contributed by atoms with E-state index in [1.807, 2.05) is 24.3 Å². The molecule has 0 bridgehead atoms. The van der Waals surface area contributed by atoms with Crippen LogP contribution in [0.3, 0.4) is 0 Å². The van der Waals surface area contributed by atoms with Crippen molar-refractivity contribution in [3.63, 3.8) is 0 Å². The lowest BCUT2D eigenvalue weighted by molar-refractivity contribution is 0.0736. The summed E-state index contributed by atoms with van der Waals surface area (Å²) in [6.45, 7) is 0. The molecule has 0 spiro atoms. The van der Waals surface area contributed by atoms with Gasteiger partial charge in [0.1, 0.15) is 5.52 Å². The van der Waals surface area contributed by atoms with Gasteiger partial charge < -0.3 is 4.74 Å². The number of benzene rings is 1. The first-order valence-electron chi connectivity index (χ1n) is 5.80. The van der Waals surface area contributed by atoms with Gasteiger partial charge in [0.15, 0.2) is 5.75 Å². The molecule has 0 saturated carbocycles. The van der Waals surface area contributed by atoms with Crippen LogP contribution in [0.5, 0.6) is 5.75 Å². The summed E-state index contributed by atoms with van der Waals surface area (Å²) in [7, 11) is 0. The third-order valence-corrected chi connectivity index (χ3v) is 2.70. The molecule has 0 aliphatic heterocycles. The van der Waals surface area contributed by atoms with E-state index in [0.29, 0.717) is 16.8 Å². The fourth-order valence-corrected chi connectivity index (χ4v) is 1.80. The Morgan fingerprint density at radius 3 is 2.68 bits per heavy atom. The fraction of sp³-hybridized carbons (Fsp3) is 0. The number of ether oxygens (including phenoxy) is 1. The Labute approximate surface area is 109 Å². The van der Waals surface area contributed by atoms with E-state index in [0.717, 1.165) is 5.39 Å². The number of fused-ring (bicyclic) bond motifs is 1. The number of esters is 1. The average Bonchev–Trinajstić information content (AvgIpc) is 2.48. The highest BCUT2D eigenvalue weighted by atomic mass is 16.5. The number of aromatic nitrogens is 2. The SMILES string of the molecule is O=C(Oc1cccc2cccnc12)c1cccnc1. The van der Waals surface area contributed by atoms with E-state index >= 15 is 0 Å².